The zero-order valence-corrected chi connectivity index (χ0v) is 36.3. The monoisotopic (exact) mass is 763 g/mol. The second kappa shape index (κ2) is 43.9. The molecule has 0 N–H and O–H groups in total. The summed E-state index contributed by atoms with van der Waals surface area (Å²) < 4.78 is 16.7. The maximum atomic E-state index is 12.7. The number of hydrogen-bond acceptors (Lipinski definition) is 6. The molecule has 0 aromatic rings. The van der Waals surface area contributed by atoms with E-state index in [9.17, 15) is 14.4 Å². The van der Waals surface area contributed by atoms with Crippen LogP contribution in [-0.2, 0) is 28.6 Å². The molecule has 0 saturated heterocycles. The summed E-state index contributed by atoms with van der Waals surface area (Å²) in [6.45, 7) is 6.60. The summed E-state index contributed by atoms with van der Waals surface area (Å²) >= 11 is 0. The number of rotatable bonds is 43. The third-order valence-electron chi connectivity index (χ3n) is 10.5. The van der Waals surface area contributed by atoms with Crippen molar-refractivity contribution in [3.8, 4) is 0 Å². The minimum atomic E-state index is -0.762. The van der Waals surface area contributed by atoms with Gasteiger partial charge < -0.3 is 14.2 Å². The van der Waals surface area contributed by atoms with Gasteiger partial charge in [0, 0.05) is 19.3 Å². The lowest BCUT2D eigenvalue weighted by molar-refractivity contribution is -0.167. The number of ether oxygens (including phenoxy) is 3. The number of carbonyl (C=O) groups is 3. The van der Waals surface area contributed by atoms with E-state index in [1.54, 1.807) is 0 Å². The molecule has 0 radical (unpaired) electrons. The fraction of sp³-hybridized carbons (Fsp3) is 0.896. The molecule has 1 unspecified atom stereocenters. The normalized spacial score (nSPS) is 12.0. The molecule has 0 rings (SSSR count). The van der Waals surface area contributed by atoms with Crippen molar-refractivity contribution in [1.82, 2.24) is 0 Å². The summed E-state index contributed by atoms with van der Waals surface area (Å²) in [4.78, 5) is 37.6. The Kier molecular flexibility index (Phi) is 42.4. The minimum absolute atomic E-state index is 0.0679. The molecular formula is C48H90O6. The van der Waals surface area contributed by atoms with Gasteiger partial charge in [0.2, 0.25) is 0 Å². The number of esters is 3. The van der Waals surface area contributed by atoms with Crippen molar-refractivity contribution in [3.63, 3.8) is 0 Å². The summed E-state index contributed by atoms with van der Waals surface area (Å²) in [5, 5.41) is 0. The summed E-state index contributed by atoms with van der Waals surface area (Å²) in [5.74, 6) is -0.870. The molecule has 0 aliphatic carbocycles. The Morgan fingerprint density at radius 3 is 0.926 bits per heavy atom. The van der Waals surface area contributed by atoms with Gasteiger partial charge in [-0.25, -0.2) is 0 Å². The van der Waals surface area contributed by atoms with E-state index in [1.807, 2.05) is 0 Å². The largest absolute Gasteiger partial charge is 0.462 e. The quantitative estimate of drug-likeness (QED) is 0.0266. The molecule has 1 atom stereocenters. The van der Waals surface area contributed by atoms with Crippen LogP contribution in [0.2, 0.25) is 0 Å². The maximum absolute atomic E-state index is 12.7. The van der Waals surface area contributed by atoms with Gasteiger partial charge in [-0.3, -0.25) is 14.4 Å². The average Bonchev–Trinajstić information content (AvgIpc) is 3.17. The highest BCUT2D eigenvalue weighted by molar-refractivity contribution is 5.71. The van der Waals surface area contributed by atoms with Gasteiger partial charge >= 0.3 is 17.9 Å². The Bertz CT molecular complexity index is 839. The molecule has 6 nitrogen and oxygen atoms in total. The summed E-state index contributed by atoms with van der Waals surface area (Å²) in [5.41, 5.74) is 0. The first-order valence-corrected chi connectivity index (χ1v) is 23.7. The predicted molar refractivity (Wildman–Crippen MR) is 229 cm³/mol. The highest BCUT2D eigenvalue weighted by Gasteiger charge is 2.19. The highest BCUT2D eigenvalue weighted by atomic mass is 16.6. The van der Waals surface area contributed by atoms with Crippen molar-refractivity contribution in [3.05, 3.63) is 12.2 Å². The Morgan fingerprint density at radius 1 is 0.352 bits per heavy atom. The zero-order valence-electron chi connectivity index (χ0n) is 36.3. The second-order valence-electron chi connectivity index (χ2n) is 16.0. The molecule has 0 aromatic heterocycles. The number of carbonyl (C=O) groups excluding carboxylic acids is 3. The number of unbranched alkanes of at least 4 members (excludes halogenated alkanes) is 30. The van der Waals surface area contributed by atoms with Crippen LogP contribution in [0.25, 0.3) is 0 Å². The molecular weight excluding hydrogens is 673 g/mol. The fourth-order valence-electron chi connectivity index (χ4n) is 6.91. The van der Waals surface area contributed by atoms with Gasteiger partial charge in [-0.05, 0) is 44.9 Å². The van der Waals surface area contributed by atoms with Crippen LogP contribution in [0.15, 0.2) is 12.2 Å². The Hall–Kier alpha value is -1.85. The predicted octanol–water partition coefficient (Wildman–Crippen LogP) is 15.0. The third-order valence-corrected chi connectivity index (χ3v) is 10.5. The number of hydrogen-bond donors (Lipinski definition) is 0. The van der Waals surface area contributed by atoms with Gasteiger partial charge in [0.05, 0.1) is 0 Å². The van der Waals surface area contributed by atoms with Crippen molar-refractivity contribution >= 4 is 17.9 Å². The van der Waals surface area contributed by atoms with Crippen LogP contribution in [0.3, 0.4) is 0 Å². The van der Waals surface area contributed by atoms with E-state index in [4.69, 9.17) is 14.2 Å². The van der Waals surface area contributed by atoms with Gasteiger partial charge in [-0.2, -0.15) is 0 Å². The Morgan fingerprint density at radius 2 is 0.611 bits per heavy atom. The summed E-state index contributed by atoms with van der Waals surface area (Å²) in [6.07, 6.45) is 46.3. The smallest absolute Gasteiger partial charge is 0.306 e. The molecule has 318 valence electrons. The van der Waals surface area contributed by atoms with Crippen LogP contribution < -0.4 is 0 Å². The van der Waals surface area contributed by atoms with E-state index in [0.717, 1.165) is 57.8 Å². The van der Waals surface area contributed by atoms with E-state index in [2.05, 4.69) is 32.9 Å². The molecule has 6 heteroatoms. The standard InChI is InChI=1S/C48H90O6/c1-4-7-10-13-16-18-20-21-22-23-24-25-26-28-29-32-35-38-41-47(50)53-44-45(43-52-46(49)40-37-34-31-15-12-9-6-3)54-48(51)42-39-36-33-30-27-19-17-14-11-8-5-2/h22-23,45H,4-21,24-44H2,1-3H3/b23-22-. The van der Waals surface area contributed by atoms with Gasteiger partial charge in [0.1, 0.15) is 13.2 Å². The van der Waals surface area contributed by atoms with Crippen molar-refractivity contribution in [2.75, 3.05) is 13.2 Å². The van der Waals surface area contributed by atoms with Gasteiger partial charge in [-0.15, -0.1) is 0 Å². The molecule has 54 heavy (non-hydrogen) atoms. The highest BCUT2D eigenvalue weighted by Crippen LogP contribution is 2.15. The maximum Gasteiger partial charge on any atom is 0.306 e. The van der Waals surface area contributed by atoms with E-state index in [1.165, 1.54) is 161 Å². The topological polar surface area (TPSA) is 78.9 Å². The Labute approximate surface area is 335 Å². The number of allylic oxidation sites excluding steroid dienone is 2. The van der Waals surface area contributed by atoms with Crippen LogP contribution in [-0.4, -0.2) is 37.2 Å². The lowest BCUT2D eigenvalue weighted by Gasteiger charge is -2.18. The van der Waals surface area contributed by atoms with E-state index in [-0.39, 0.29) is 31.1 Å². The van der Waals surface area contributed by atoms with Crippen molar-refractivity contribution < 1.29 is 28.6 Å². The van der Waals surface area contributed by atoms with Crippen LogP contribution in [0.1, 0.15) is 258 Å². The molecule has 0 aliphatic heterocycles. The SMILES string of the molecule is CCCCCCCCC/C=C\CCCCCCCCCC(=O)OCC(COC(=O)CCCCCCCCC)OC(=O)CCCCCCCCCCCCC. The fourth-order valence-corrected chi connectivity index (χ4v) is 6.91. The first-order valence-electron chi connectivity index (χ1n) is 23.7. The second-order valence-corrected chi connectivity index (χ2v) is 16.0. The van der Waals surface area contributed by atoms with Gasteiger partial charge in [0.25, 0.3) is 0 Å². The molecule has 0 bridgehead atoms. The van der Waals surface area contributed by atoms with Crippen LogP contribution >= 0.6 is 0 Å². The molecule has 0 aliphatic rings. The first-order chi connectivity index (χ1) is 26.5. The zero-order chi connectivity index (χ0) is 39.4. The summed E-state index contributed by atoms with van der Waals surface area (Å²) in [6, 6.07) is 0. The van der Waals surface area contributed by atoms with E-state index in [0.29, 0.717) is 19.3 Å². The third kappa shape index (κ3) is 41.3. The van der Waals surface area contributed by atoms with E-state index >= 15 is 0 Å². The van der Waals surface area contributed by atoms with Crippen molar-refractivity contribution in [1.29, 1.82) is 0 Å². The van der Waals surface area contributed by atoms with Gasteiger partial charge in [0.15, 0.2) is 6.10 Å². The molecule has 0 aromatic carbocycles. The lowest BCUT2D eigenvalue weighted by atomic mass is 10.1. The molecule has 0 amide bonds. The molecule has 0 spiro atoms. The molecule has 0 heterocycles. The van der Waals surface area contributed by atoms with Crippen LogP contribution in [0.5, 0.6) is 0 Å². The first kappa shape index (κ1) is 52.2. The van der Waals surface area contributed by atoms with Crippen molar-refractivity contribution in [2.24, 2.45) is 0 Å². The lowest BCUT2D eigenvalue weighted by Crippen LogP contribution is -2.30. The van der Waals surface area contributed by atoms with Gasteiger partial charge in [-0.1, -0.05) is 206 Å². The molecule has 0 fully saturated rings. The minimum Gasteiger partial charge on any atom is -0.462 e. The van der Waals surface area contributed by atoms with E-state index < -0.39 is 6.10 Å². The van der Waals surface area contributed by atoms with Crippen LogP contribution in [0.4, 0.5) is 0 Å². The Balaban J connectivity index is 4.21. The van der Waals surface area contributed by atoms with Crippen LogP contribution in [0, 0.1) is 0 Å². The average molecular weight is 763 g/mol. The summed E-state index contributed by atoms with van der Waals surface area (Å²) in [7, 11) is 0. The van der Waals surface area contributed by atoms with Crippen molar-refractivity contribution in [2.45, 2.75) is 264 Å². The molecule has 0 saturated carbocycles.